The molecule has 4 heteroatoms. The van der Waals surface area contributed by atoms with E-state index < -0.39 is 0 Å². The van der Waals surface area contributed by atoms with Crippen LogP contribution in [0.5, 0.6) is 0 Å². The summed E-state index contributed by atoms with van der Waals surface area (Å²) < 4.78 is 1.07. The summed E-state index contributed by atoms with van der Waals surface area (Å²) in [5, 5.41) is 5.12. The summed E-state index contributed by atoms with van der Waals surface area (Å²) in [4.78, 5) is 0. The van der Waals surface area contributed by atoms with Crippen LogP contribution in [0.3, 0.4) is 0 Å². The molecule has 2 aromatic rings. The minimum Gasteiger partial charge on any atom is -0.316 e. The molecule has 0 amide bonds. The van der Waals surface area contributed by atoms with Gasteiger partial charge in [-0.1, -0.05) is 51.3 Å². The van der Waals surface area contributed by atoms with Gasteiger partial charge >= 0.3 is 0 Å². The first kappa shape index (κ1) is 15.4. The standard InChI is InChI=1S/C17H16BrCl2N/c18-12-4-5-17(20)15(9-12)14-6-7-21-10-16(14)11-2-1-3-13(19)8-11/h1-5,8-9,14,16,21H,6-7,10H2. The van der Waals surface area contributed by atoms with E-state index in [2.05, 4.69) is 39.4 Å². The van der Waals surface area contributed by atoms with Crippen molar-refractivity contribution in [3.63, 3.8) is 0 Å². The lowest BCUT2D eigenvalue weighted by Crippen LogP contribution is -2.34. The lowest BCUT2D eigenvalue weighted by molar-refractivity contribution is 0.404. The van der Waals surface area contributed by atoms with Crippen LogP contribution in [0.4, 0.5) is 0 Å². The second kappa shape index (κ2) is 6.70. The number of nitrogens with one attached hydrogen (secondary N) is 1. The van der Waals surface area contributed by atoms with Gasteiger partial charge in [-0.05, 0) is 60.3 Å². The zero-order chi connectivity index (χ0) is 14.8. The van der Waals surface area contributed by atoms with Gasteiger partial charge in [-0.2, -0.15) is 0 Å². The fourth-order valence-electron chi connectivity index (χ4n) is 3.12. The minimum atomic E-state index is 0.393. The van der Waals surface area contributed by atoms with Gasteiger partial charge in [0.15, 0.2) is 0 Å². The highest BCUT2D eigenvalue weighted by Crippen LogP contribution is 2.41. The Balaban J connectivity index is 2.00. The molecule has 1 aliphatic heterocycles. The second-order valence-corrected chi connectivity index (χ2v) is 7.19. The number of hydrogen-bond acceptors (Lipinski definition) is 1. The molecule has 0 radical (unpaired) electrons. The average Bonchev–Trinajstić information content (AvgIpc) is 2.50. The summed E-state index contributed by atoms with van der Waals surface area (Å²) in [6, 6.07) is 14.3. The zero-order valence-corrected chi connectivity index (χ0v) is 14.5. The van der Waals surface area contributed by atoms with Crippen LogP contribution in [0.1, 0.15) is 29.4 Å². The first-order chi connectivity index (χ1) is 10.1. The van der Waals surface area contributed by atoms with Crippen molar-refractivity contribution in [2.45, 2.75) is 18.3 Å². The average molecular weight is 385 g/mol. The Morgan fingerprint density at radius 2 is 1.90 bits per heavy atom. The van der Waals surface area contributed by atoms with Crippen LogP contribution in [0.15, 0.2) is 46.9 Å². The van der Waals surface area contributed by atoms with Crippen molar-refractivity contribution >= 4 is 39.1 Å². The summed E-state index contributed by atoms with van der Waals surface area (Å²) in [5.41, 5.74) is 2.49. The fraction of sp³-hybridized carbons (Fsp3) is 0.294. The van der Waals surface area contributed by atoms with Gasteiger partial charge in [-0.25, -0.2) is 0 Å². The topological polar surface area (TPSA) is 12.0 Å². The normalized spacial score (nSPS) is 22.2. The molecule has 2 atom stereocenters. The van der Waals surface area contributed by atoms with E-state index in [1.165, 1.54) is 11.1 Å². The van der Waals surface area contributed by atoms with Crippen molar-refractivity contribution in [3.8, 4) is 0 Å². The molecule has 3 rings (SSSR count). The maximum atomic E-state index is 6.45. The maximum absolute atomic E-state index is 6.45. The quantitative estimate of drug-likeness (QED) is 0.708. The van der Waals surface area contributed by atoms with E-state index in [4.69, 9.17) is 23.2 Å². The Labute approximate surface area is 143 Å². The minimum absolute atomic E-state index is 0.393. The molecule has 2 aromatic carbocycles. The predicted molar refractivity (Wildman–Crippen MR) is 93.6 cm³/mol. The van der Waals surface area contributed by atoms with Crippen LogP contribution < -0.4 is 5.32 Å². The summed E-state index contributed by atoms with van der Waals surface area (Å²) in [6.45, 7) is 1.97. The van der Waals surface area contributed by atoms with E-state index in [-0.39, 0.29) is 0 Å². The molecule has 1 fully saturated rings. The van der Waals surface area contributed by atoms with Crippen LogP contribution in [0.2, 0.25) is 10.0 Å². The van der Waals surface area contributed by atoms with Crippen LogP contribution in [-0.4, -0.2) is 13.1 Å². The molecule has 0 aromatic heterocycles. The van der Waals surface area contributed by atoms with Crippen molar-refractivity contribution in [3.05, 3.63) is 68.1 Å². The first-order valence-electron chi connectivity index (χ1n) is 7.06. The molecule has 1 N–H and O–H groups in total. The van der Waals surface area contributed by atoms with Gasteiger partial charge in [0, 0.05) is 27.0 Å². The molecule has 0 spiro atoms. The van der Waals surface area contributed by atoms with Crippen molar-refractivity contribution < 1.29 is 0 Å². The number of piperidine rings is 1. The number of rotatable bonds is 2. The van der Waals surface area contributed by atoms with E-state index in [0.29, 0.717) is 11.8 Å². The Morgan fingerprint density at radius 1 is 1.05 bits per heavy atom. The van der Waals surface area contributed by atoms with Crippen LogP contribution >= 0.6 is 39.1 Å². The monoisotopic (exact) mass is 383 g/mol. The van der Waals surface area contributed by atoms with E-state index in [1.54, 1.807) is 0 Å². The summed E-state index contributed by atoms with van der Waals surface area (Å²) >= 11 is 16.2. The summed E-state index contributed by atoms with van der Waals surface area (Å²) in [7, 11) is 0. The largest absolute Gasteiger partial charge is 0.316 e. The Bertz CT molecular complexity index is 644. The number of benzene rings is 2. The molecule has 1 heterocycles. The van der Waals surface area contributed by atoms with Gasteiger partial charge in [0.05, 0.1) is 0 Å². The Kier molecular flexibility index (Phi) is 4.90. The molecule has 0 saturated carbocycles. The van der Waals surface area contributed by atoms with Crippen LogP contribution in [0.25, 0.3) is 0 Å². The van der Waals surface area contributed by atoms with Gasteiger partial charge in [-0.15, -0.1) is 0 Å². The SMILES string of the molecule is Clc1cccc(C2CNCCC2c2cc(Br)ccc2Cl)c1. The Morgan fingerprint density at radius 3 is 2.71 bits per heavy atom. The molecule has 0 bridgehead atoms. The third-order valence-corrected chi connectivity index (χ3v) is 5.19. The summed E-state index contributed by atoms with van der Waals surface area (Å²) in [6.07, 6.45) is 1.08. The van der Waals surface area contributed by atoms with Gasteiger partial charge in [0.1, 0.15) is 0 Å². The third-order valence-electron chi connectivity index (χ3n) is 4.12. The molecule has 2 unspecified atom stereocenters. The molecular formula is C17H16BrCl2N. The highest BCUT2D eigenvalue weighted by Gasteiger charge is 2.29. The van der Waals surface area contributed by atoms with Crippen molar-refractivity contribution in [2.24, 2.45) is 0 Å². The van der Waals surface area contributed by atoms with Crippen LogP contribution in [0, 0.1) is 0 Å². The molecule has 110 valence electrons. The second-order valence-electron chi connectivity index (χ2n) is 5.43. The Hall–Kier alpha value is -0.540. The molecular weight excluding hydrogens is 369 g/mol. The van der Waals surface area contributed by atoms with E-state index >= 15 is 0 Å². The van der Waals surface area contributed by atoms with Crippen molar-refractivity contribution in [1.82, 2.24) is 5.32 Å². The van der Waals surface area contributed by atoms with E-state index in [0.717, 1.165) is 34.0 Å². The lowest BCUT2D eigenvalue weighted by Gasteiger charge is -2.33. The fourth-order valence-corrected chi connectivity index (χ4v) is 3.95. The van der Waals surface area contributed by atoms with Gasteiger partial charge in [0.2, 0.25) is 0 Å². The molecule has 1 saturated heterocycles. The molecule has 0 aliphatic carbocycles. The predicted octanol–water partition coefficient (Wildman–Crippen LogP) is 5.62. The highest BCUT2D eigenvalue weighted by molar-refractivity contribution is 9.10. The number of hydrogen-bond donors (Lipinski definition) is 1. The van der Waals surface area contributed by atoms with Gasteiger partial charge < -0.3 is 5.32 Å². The first-order valence-corrected chi connectivity index (χ1v) is 8.61. The van der Waals surface area contributed by atoms with Crippen molar-refractivity contribution in [2.75, 3.05) is 13.1 Å². The zero-order valence-electron chi connectivity index (χ0n) is 11.5. The van der Waals surface area contributed by atoms with Gasteiger partial charge in [-0.3, -0.25) is 0 Å². The van der Waals surface area contributed by atoms with Crippen molar-refractivity contribution in [1.29, 1.82) is 0 Å². The highest BCUT2D eigenvalue weighted by atomic mass is 79.9. The molecule has 1 nitrogen and oxygen atoms in total. The van der Waals surface area contributed by atoms with E-state index in [1.807, 2.05) is 24.3 Å². The third kappa shape index (κ3) is 3.45. The maximum Gasteiger partial charge on any atom is 0.0441 e. The summed E-state index contributed by atoms with van der Waals surface area (Å²) in [5.74, 6) is 0.805. The molecule has 1 aliphatic rings. The van der Waals surface area contributed by atoms with Gasteiger partial charge in [0.25, 0.3) is 0 Å². The smallest absolute Gasteiger partial charge is 0.0441 e. The lowest BCUT2D eigenvalue weighted by atomic mass is 9.77. The molecule has 21 heavy (non-hydrogen) atoms. The van der Waals surface area contributed by atoms with Crippen LogP contribution in [-0.2, 0) is 0 Å². The van der Waals surface area contributed by atoms with E-state index in [9.17, 15) is 0 Å². The number of halogens is 3.